The molecule has 21 heavy (non-hydrogen) atoms. The minimum Gasteiger partial charge on any atom is -0.346 e. The number of carbonyl (C=O) groups is 1. The zero-order chi connectivity index (χ0) is 14.7. The van der Waals surface area contributed by atoms with Crippen molar-refractivity contribution in [3.05, 3.63) is 51.7 Å². The van der Waals surface area contributed by atoms with Crippen LogP contribution in [0.15, 0.2) is 30.5 Å². The lowest BCUT2D eigenvalue weighted by atomic mass is 10.2. The number of amides is 1. The molecule has 1 aromatic carbocycles. The summed E-state index contributed by atoms with van der Waals surface area (Å²) >= 11 is 1.37. The predicted molar refractivity (Wildman–Crippen MR) is 78.6 cm³/mol. The third-order valence-electron chi connectivity index (χ3n) is 3.20. The fraction of sp³-hybridized carbons (Fsp3) is 0.286. The highest BCUT2D eigenvalue weighted by molar-refractivity contribution is 7.13. The molecule has 0 bridgehead atoms. The Morgan fingerprint density at radius 2 is 2.05 bits per heavy atom. The number of hydrogen-bond donors (Lipinski definition) is 3. The summed E-state index contributed by atoms with van der Waals surface area (Å²) in [6.45, 7) is 1.43. The van der Waals surface area contributed by atoms with E-state index in [0.29, 0.717) is 24.4 Å². The van der Waals surface area contributed by atoms with Gasteiger partial charge in [0, 0.05) is 19.5 Å². The zero-order valence-corrected chi connectivity index (χ0v) is 12.0. The van der Waals surface area contributed by atoms with Crippen molar-refractivity contribution >= 4 is 17.2 Å². The Labute approximate surface area is 125 Å². The molecule has 1 saturated heterocycles. The molecule has 0 atom stereocenters. The third kappa shape index (κ3) is 3.63. The molecule has 5 nitrogen and oxygen atoms in total. The number of carbonyl (C=O) groups excluding carboxylic acids is 1. The Hall–Kier alpha value is -1.83. The van der Waals surface area contributed by atoms with Gasteiger partial charge in [-0.25, -0.2) is 9.37 Å². The average Bonchev–Trinajstić information content (AvgIpc) is 3.13. The second kappa shape index (κ2) is 6.30. The van der Waals surface area contributed by atoms with Crippen LogP contribution in [0.1, 0.15) is 20.2 Å². The fourth-order valence-corrected chi connectivity index (χ4v) is 2.95. The number of nitrogens with zero attached hydrogens (tertiary/aromatic N) is 1. The van der Waals surface area contributed by atoms with Crippen molar-refractivity contribution in [3.63, 3.8) is 0 Å². The quantitative estimate of drug-likeness (QED) is 0.791. The van der Waals surface area contributed by atoms with Gasteiger partial charge in [-0.3, -0.25) is 15.6 Å². The van der Waals surface area contributed by atoms with Crippen LogP contribution in [0.25, 0.3) is 0 Å². The molecule has 0 unspecified atom stereocenters. The Morgan fingerprint density at radius 1 is 1.33 bits per heavy atom. The normalized spacial score (nSPS) is 15.3. The summed E-state index contributed by atoms with van der Waals surface area (Å²) in [5.41, 5.74) is 6.90. The van der Waals surface area contributed by atoms with Crippen LogP contribution >= 0.6 is 11.3 Å². The smallest absolute Gasteiger partial charge is 0.263 e. The van der Waals surface area contributed by atoms with Crippen molar-refractivity contribution in [1.29, 1.82) is 0 Å². The molecule has 1 fully saturated rings. The van der Waals surface area contributed by atoms with Crippen LogP contribution in [0, 0.1) is 5.82 Å². The molecule has 7 heteroatoms. The number of hydrazine groups is 1. The van der Waals surface area contributed by atoms with Crippen molar-refractivity contribution in [3.8, 4) is 0 Å². The SMILES string of the molecule is O=C(NC1CNNC1)c1cnc(Cc2ccc(F)cc2)s1. The summed E-state index contributed by atoms with van der Waals surface area (Å²) < 4.78 is 12.9. The maximum absolute atomic E-state index is 12.9. The van der Waals surface area contributed by atoms with Gasteiger partial charge in [-0.1, -0.05) is 12.1 Å². The van der Waals surface area contributed by atoms with Gasteiger partial charge in [0.1, 0.15) is 10.7 Å². The summed E-state index contributed by atoms with van der Waals surface area (Å²) in [5.74, 6) is -0.356. The third-order valence-corrected chi connectivity index (χ3v) is 4.20. The molecule has 0 spiro atoms. The van der Waals surface area contributed by atoms with E-state index in [4.69, 9.17) is 0 Å². The molecule has 0 aliphatic carbocycles. The van der Waals surface area contributed by atoms with E-state index in [-0.39, 0.29) is 17.8 Å². The van der Waals surface area contributed by atoms with Crippen LogP contribution < -0.4 is 16.2 Å². The molecule has 0 saturated carbocycles. The lowest BCUT2D eigenvalue weighted by Crippen LogP contribution is -2.37. The molecular weight excluding hydrogens is 291 g/mol. The monoisotopic (exact) mass is 306 g/mol. The fourth-order valence-electron chi connectivity index (χ4n) is 2.10. The summed E-state index contributed by atoms with van der Waals surface area (Å²) in [4.78, 5) is 16.9. The molecule has 2 heterocycles. The molecule has 1 amide bonds. The molecule has 1 aliphatic rings. The first-order valence-corrected chi connectivity index (χ1v) is 7.48. The topological polar surface area (TPSA) is 66.1 Å². The Morgan fingerprint density at radius 3 is 2.76 bits per heavy atom. The van der Waals surface area contributed by atoms with Gasteiger partial charge in [-0.15, -0.1) is 11.3 Å². The number of thiazole rings is 1. The summed E-state index contributed by atoms with van der Waals surface area (Å²) in [7, 11) is 0. The van der Waals surface area contributed by atoms with E-state index < -0.39 is 0 Å². The number of halogens is 1. The number of benzene rings is 1. The minimum absolute atomic E-state index is 0.0974. The molecule has 2 aromatic rings. The molecule has 110 valence electrons. The first-order chi connectivity index (χ1) is 10.2. The molecule has 1 aliphatic heterocycles. The van der Waals surface area contributed by atoms with Crippen LogP contribution in [-0.4, -0.2) is 30.0 Å². The van der Waals surface area contributed by atoms with Gasteiger partial charge in [0.2, 0.25) is 0 Å². The van der Waals surface area contributed by atoms with E-state index in [9.17, 15) is 9.18 Å². The summed E-state index contributed by atoms with van der Waals surface area (Å²) in [5, 5.41) is 3.78. The van der Waals surface area contributed by atoms with E-state index >= 15 is 0 Å². The van der Waals surface area contributed by atoms with Gasteiger partial charge in [0.15, 0.2) is 0 Å². The highest BCUT2D eigenvalue weighted by atomic mass is 32.1. The zero-order valence-electron chi connectivity index (χ0n) is 11.2. The minimum atomic E-state index is -0.253. The number of hydrogen-bond acceptors (Lipinski definition) is 5. The predicted octanol–water partition coefficient (Wildman–Crippen LogP) is 1.08. The first kappa shape index (κ1) is 14.1. The van der Waals surface area contributed by atoms with Gasteiger partial charge >= 0.3 is 0 Å². The van der Waals surface area contributed by atoms with Crippen LogP contribution in [-0.2, 0) is 6.42 Å². The summed E-state index contributed by atoms with van der Waals surface area (Å²) in [6.07, 6.45) is 2.19. The molecule has 3 rings (SSSR count). The highest BCUT2D eigenvalue weighted by Gasteiger charge is 2.18. The number of aromatic nitrogens is 1. The lowest BCUT2D eigenvalue weighted by molar-refractivity contribution is 0.0945. The Bertz CT molecular complexity index is 622. The standard InChI is InChI=1S/C14H15FN4OS/c15-10-3-1-9(2-4-10)5-13-16-8-12(21-13)14(20)19-11-6-17-18-7-11/h1-4,8,11,17-18H,5-7H2,(H,19,20). The largest absolute Gasteiger partial charge is 0.346 e. The van der Waals surface area contributed by atoms with Crippen LogP contribution in [0.3, 0.4) is 0 Å². The highest BCUT2D eigenvalue weighted by Crippen LogP contribution is 2.17. The maximum atomic E-state index is 12.9. The van der Waals surface area contributed by atoms with Crippen molar-refractivity contribution in [2.24, 2.45) is 0 Å². The second-order valence-electron chi connectivity index (χ2n) is 4.85. The van der Waals surface area contributed by atoms with E-state index in [1.165, 1.54) is 23.5 Å². The van der Waals surface area contributed by atoms with Gasteiger partial charge in [-0.05, 0) is 17.7 Å². The molecule has 1 aromatic heterocycles. The van der Waals surface area contributed by atoms with Crippen LogP contribution in [0.5, 0.6) is 0 Å². The van der Waals surface area contributed by atoms with Crippen molar-refractivity contribution in [1.82, 2.24) is 21.2 Å². The molecular formula is C14H15FN4OS. The van der Waals surface area contributed by atoms with Gasteiger partial charge in [0.25, 0.3) is 5.91 Å². The van der Waals surface area contributed by atoms with Crippen LogP contribution in [0.4, 0.5) is 4.39 Å². The average molecular weight is 306 g/mol. The number of nitrogens with one attached hydrogen (secondary N) is 3. The van der Waals surface area contributed by atoms with E-state index in [1.807, 2.05) is 0 Å². The van der Waals surface area contributed by atoms with Crippen molar-refractivity contribution in [2.45, 2.75) is 12.5 Å². The van der Waals surface area contributed by atoms with Crippen molar-refractivity contribution in [2.75, 3.05) is 13.1 Å². The number of rotatable bonds is 4. The molecule has 0 radical (unpaired) electrons. The van der Waals surface area contributed by atoms with E-state index in [1.54, 1.807) is 18.3 Å². The summed E-state index contributed by atoms with van der Waals surface area (Å²) in [6, 6.07) is 6.41. The first-order valence-electron chi connectivity index (χ1n) is 6.66. The molecule has 3 N–H and O–H groups in total. The van der Waals surface area contributed by atoms with Gasteiger partial charge in [0.05, 0.1) is 17.2 Å². The van der Waals surface area contributed by atoms with Gasteiger partial charge in [-0.2, -0.15) is 0 Å². The maximum Gasteiger partial charge on any atom is 0.263 e. The Balaban J connectivity index is 1.62. The van der Waals surface area contributed by atoms with Crippen LogP contribution in [0.2, 0.25) is 0 Å². The Kier molecular flexibility index (Phi) is 4.23. The van der Waals surface area contributed by atoms with Gasteiger partial charge < -0.3 is 5.32 Å². The van der Waals surface area contributed by atoms with E-state index in [2.05, 4.69) is 21.2 Å². The lowest BCUT2D eigenvalue weighted by Gasteiger charge is -2.08. The van der Waals surface area contributed by atoms with E-state index in [0.717, 1.165) is 10.6 Å². The van der Waals surface area contributed by atoms with Crippen molar-refractivity contribution < 1.29 is 9.18 Å². The second-order valence-corrected chi connectivity index (χ2v) is 5.97.